The number of rotatable bonds is 12. The molecule has 46 heavy (non-hydrogen) atoms. The summed E-state index contributed by atoms with van der Waals surface area (Å²) in [5.74, 6) is -2.98. The van der Waals surface area contributed by atoms with Crippen molar-refractivity contribution in [2.45, 2.75) is 38.3 Å². The Balaban J connectivity index is 1.55. The number of ketones is 1. The van der Waals surface area contributed by atoms with E-state index < -0.39 is 47.2 Å². The number of carbonyl (C=O) groups is 4. The fourth-order valence-corrected chi connectivity index (χ4v) is 5.06. The number of amides is 1. The Morgan fingerprint density at radius 1 is 0.696 bits per heavy atom. The van der Waals surface area contributed by atoms with Crippen molar-refractivity contribution in [1.82, 2.24) is 0 Å². The Hall–Kier alpha value is -5.25. The van der Waals surface area contributed by atoms with E-state index in [2.05, 4.69) is 5.32 Å². The molecule has 238 valence electrons. The predicted molar refractivity (Wildman–Crippen MR) is 166 cm³/mol. The first-order chi connectivity index (χ1) is 22.0. The van der Waals surface area contributed by atoms with Crippen LogP contribution in [0.25, 0.3) is 11.1 Å². The smallest absolute Gasteiger partial charge is 0.416 e. The van der Waals surface area contributed by atoms with Crippen molar-refractivity contribution in [3.05, 3.63) is 125 Å². The van der Waals surface area contributed by atoms with E-state index in [4.69, 9.17) is 9.47 Å². The average molecular weight is 632 g/mol. The lowest BCUT2D eigenvalue weighted by Crippen LogP contribution is -2.48. The molecule has 4 rings (SSSR count). The molecule has 0 aliphatic heterocycles. The van der Waals surface area contributed by atoms with Crippen molar-refractivity contribution < 1.29 is 41.8 Å². The minimum atomic E-state index is -4.64. The van der Waals surface area contributed by atoms with E-state index in [1.165, 1.54) is 18.2 Å². The van der Waals surface area contributed by atoms with Crippen molar-refractivity contribution in [2.24, 2.45) is 0 Å². The number of halogens is 3. The molecule has 0 saturated carbocycles. The third-order valence-corrected chi connectivity index (χ3v) is 7.27. The molecule has 7 nitrogen and oxygen atoms in total. The Bertz CT molecular complexity index is 1670. The molecule has 1 amide bonds. The second-order valence-corrected chi connectivity index (χ2v) is 10.4. The van der Waals surface area contributed by atoms with Gasteiger partial charge in [-0.15, -0.1) is 0 Å². The zero-order valence-corrected chi connectivity index (χ0v) is 25.2. The molecule has 0 radical (unpaired) electrons. The number of benzene rings is 4. The number of alkyl halides is 3. The summed E-state index contributed by atoms with van der Waals surface area (Å²) in [6.07, 6.45) is -5.31. The highest BCUT2D eigenvalue weighted by Gasteiger charge is 2.52. The highest BCUT2D eigenvalue weighted by atomic mass is 19.4. The molecular formula is C36H32F3NO6. The summed E-state index contributed by atoms with van der Waals surface area (Å²) < 4.78 is 51.0. The normalized spacial score (nSPS) is 11.4. The van der Waals surface area contributed by atoms with Crippen LogP contribution in [0.5, 0.6) is 0 Å². The number of ether oxygens (including phenoxy) is 2. The fourth-order valence-electron chi connectivity index (χ4n) is 5.06. The van der Waals surface area contributed by atoms with Crippen LogP contribution >= 0.6 is 0 Å². The molecule has 0 saturated heterocycles. The number of hydrogen-bond acceptors (Lipinski definition) is 6. The van der Waals surface area contributed by atoms with Gasteiger partial charge in [0.05, 0.1) is 18.8 Å². The molecule has 0 heterocycles. The zero-order chi connectivity index (χ0) is 33.3. The van der Waals surface area contributed by atoms with Gasteiger partial charge in [0.1, 0.15) is 5.78 Å². The molecule has 0 atom stereocenters. The van der Waals surface area contributed by atoms with Crippen molar-refractivity contribution in [1.29, 1.82) is 0 Å². The molecule has 0 aliphatic carbocycles. The zero-order valence-electron chi connectivity index (χ0n) is 25.2. The first-order valence-corrected chi connectivity index (χ1v) is 14.6. The second-order valence-electron chi connectivity index (χ2n) is 10.4. The van der Waals surface area contributed by atoms with Crippen LogP contribution in [-0.2, 0) is 41.9 Å². The number of hydrogen-bond donors (Lipinski definition) is 1. The first kappa shape index (κ1) is 33.6. The van der Waals surface area contributed by atoms with Crippen molar-refractivity contribution in [2.75, 3.05) is 18.5 Å². The molecule has 0 bridgehead atoms. The number of carbonyl (C=O) groups excluding carboxylic acids is 4. The van der Waals surface area contributed by atoms with Crippen LogP contribution in [0.3, 0.4) is 0 Å². The van der Waals surface area contributed by atoms with E-state index in [0.29, 0.717) is 16.7 Å². The van der Waals surface area contributed by atoms with Crippen LogP contribution in [0, 0.1) is 0 Å². The third-order valence-electron chi connectivity index (χ3n) is 7.27. The molecule has 4 aromatic carbocycles. The molecule has 0 aromatic heterocycles. The van der Waals surface area contributed by atoms with E-state index in [0.717, 1.165) is 12.1 Å². The highest BCUT2D eigenvalue weighted by molar-refractivity contribution is 6.10. The molecule has 10 heteroatoms. The van der Waals surface area contributed by atoms with Gasteiger partial charge in [-0.2, -0.15) is 13.2 Å². The number of esters is 2. The minimum Gasteiger partial charge on any atom is -0.465 e. The SMILES string of the molecule is CCOC(=O)C(CC(=O)Cc1ccc(NC(=O)c2cc(C(F)(F)F)ccc2-c2ccccc2)cc1)(C(=O)OCC)c1ccccc1. The van der Waals surface area contributed by atoms with Gasteiger partial charge in [-0.1, -0.05) is 78.9 Å². The maximum absolute atomic E-state index is 13.5. The third kappa shape index (κ3) is 7.69. The molecular weight excluding hydrogens is 599 g/mol. The lowest BCUT2D eigenvalue weighted by atomic mass is 9.75. The monoisotopic (exact) mass is 631 g/mol. The maximum Gasteiger partial charge on any atom is 0.416 e. The Labute approximate surface area is 264 Å². The summed E-state index contributed by atoms with van der Waals surface area (Å²) in [7, 11) is 0. The quantitative estimate of drug-likeness (QED) is 0.131. The lowest BCUT2D eigenvalue weighted by molar-refractivity contribution is -0.166. The van der Waals surface area contributed by atoms with Crippen molar-refractivity contribution in [3.63, 3.8) is 0 Å². The van der Waals surface area contributed by atoms with Crippen LogP contribution in [0.2, 0.25) is 0 Å². The summed E-state index contributed by atoms with van der Waals surface area (Å²) in [5, 5.41) is 2.63. The first-order valence-electron chi connectivity index (χ1n) is 14.6. The Morgan fingerprint density at radius 2 is 1.26 bits per heavy atom. The maximum atomic E-state index is 13.5. The van der Waals surface area contributed by atoms with Crippen LogP contribution < -0.4 is 5.32 Å². The van der Waals surface area contributed by atoms with Crippen LogP contribution in [0.15, 0.2) is 103 Å². The molecule has 4 aromatic rings. The van der Waals surface area contributed by atoms with Gasteiger partial charge < -0.3 is 14.8 Å². The summed E-state index contributed by atoms with van der Waals surface area (Å²) in [6, 6.07) is 25.9. The van der Waals surface area contributed by atoms with E-state index in [-0.39, 0.29) is 36.4 Å². The van der Waals surface area contributed by atoms with Gasteiger partial charge >= 0.3 is 18.1 Å². The summed E-state index contributed by atoms with van der Waals surface area (Å²) in [6.45, 7) is 3.16. The van der Waals surface area contributed by atoms with Crippen LogP contribution in [0.1, 0.15) is 47.3 Å². The minimum absolute atomic E-state index is 0.0124. The highest BCUT2D eigenvalue weighted by Crippen LogP contribution is 2.35. The van der Waals surface area contributed by atoms with E-state index >= 15 is 0 Å². The number of nitrogens with one attached hydrogen (secondary N) is 1. The van der Waals surface area contributed by atoms with Crippen LogP contribution in [0.4, 0.5) is 18.9 Å². The summed E-state index contributed by atoms with van der Waals surface area (Å²) in [5.41, 5.74) is -1.14. The Kier molecular flexibility index (Phi) is 10.7. The number of Topliss-reactive ketones (excluding diaryl/α,β-unsaturated/α-hetero) is 1. The second kappa shape index (κ2) is 14.7. The fraction of sp³-hybridized carbons (Fsp3) is 0.222. The number of anilines is 1. The lowest BCUT2D eigenvalue weighted by Gasteiger charge is -2.29. The molecule has 0 aliphatic rings. The van der Waals surface area contributed by atoms with Gasteiger partial charge in [0.15, 0.2) is 5.41 Å². The van der Waals surface area contributed by atoms with E-state index in [1.54, 1.807) is 86.6 Å². The molecule has 0 fully saturated rings. The standard InChI is InChI=1S/C36H32F3NO6/c1-3-45-33(43)35(34(44)46-4-2,26-13-9-6-10-14-26)23-29(41)21-24-15-18-28(19-16-24)40-32(42)31-22-27(36(37,38)39)17-20-30(31)25-11-7-5-8-12-25/h5-20,22H,3-4,21,23H2,1-2H3,(H,40,42). The largest absolute Gasteiger partial charge is 0.465 e. The van der Waals surface area contributed by atoms with Gasteiger partial charge in [0.25, 0.3) is 5.91 Å². The summed E-state index contributed by atoms with van der Waals surface area (Å²) in [4.78, 5) is 53.1. The molecule has 0 spiro atoms. The van der Waals surface area contributed by atoms with Gasteiger partial charge in [-0.25, -0.2) is 0 Å². The average Bonchev–Trinajstić information content (AvgIpc) is 3.05. The molecule has 0 unspecified atom stereocenters. The van der Waals surface area contributed by atoms with E-state index in [9.17, 15) is 32.3 Å². The topological polar surface area (TPSA) is 98.8 Å². The molecule has 1 N–H and O–H groups in total. The van der Waals surface area contributed by atoms with Crippen molar-refractivity contribution >= 4 is 29.3 Å². The van der Waals surface area contributed by atoms with Crippen LogP contribution in [-0.4, -0.2) is 36.8 Å². The predicted octanol–water partition coefficient (Wildman–Crippen LogP) is 7.19. The van der Waals surface area contributed by atoms with Gasteiger partial charge in [-0.3, -0.25) is 19.2 Å². The van der Waals surface area contributed by atoms with Gasteiger partial charge in [-0.05, 0) is 60.4 Å². The van der Waals surface area contributed by atoms with Gasteiger partial charge in [0.2, 0.25) is 0 Å². The van der Waals surface area contributed by atoms with Gasteiger partial charge in [0, 0.05) is 24.1 Å². The van der Waals surface area contributed by atoms with E-state index in [1.807, 2.05) is 0 Å². The van der Waals surface area contributed by atoms with Crippen molar-refractivity contribution in [3.8, 4) is 11.1 Å². The summed E-state index contributed by atoms with van der Waals surface area (Å²) >= 11 is 0. The Morgan fingerprint density at radius 3 is 1.80 bits per heavy atom.